The predicted octanol–water partition coefficient (Wildman–Crippen LogP) is 2.34. The Morgan fingerprint density at radius 1 is 1.53 bits per heavy atom. The lowest BCUT2D eigenvalue weighted by Gasteiger charge is -2.20. The second-order valence-electron chi connectivity index (χ2n) is 4.34. The van der Waals surface area contributed by atoms with Gasteiger partial charge >= 0.3 is 0 Å². The van der Waals surface area contributed by atoms with E-state index >= 15 is 0 Å². The van der Waals surface area contributed by atoms with Crippen LogP contribution in [0.2, 0.25) is 5.02 Å². The zero-order valence-corrected chi connectivity index (χ0v) is 12.4. The number of rotatable bonds is 4. The summed E-state index contributed by atoms with van der Waals surface area (Å²) in [6.07, 6.45) is 3.70. The Labute approximate surface area is 122 Å². The summed E-state index contributed by atoms with van der Waals surface area (Å²) in [4.78, 5) is 6.68. The number of anilines is 1. The number of imidazole rings is 1. The van der Waals surface area contributed by atoms with Crippen LogP contribution >= 0.6 is 23.8 Å². The maximum atomic E-state index is 6.26. The molecule has 0 saturated heterocycles. The molecule has 0 unspecified atom stereocenters. The molecule has 0 aliphatic carbocycles. The van der Waals surface area contributed by atoms with Crippen molar-refractivity contribution in [3.8, 4) is 0 Å². The van der Waals surface area contributed by atoms with E-state index in [4.69, 9.17) is 29.6 Å². The Hall–Kier alpha value is -1.59. The number of benzene rings is 1. The molecule has 0 fully saturated rings. The second kappa shape index (κ2) is 5.59. The minimum Gasteiger partial charge on any atom is -0.389 e. The summed E-state index contributed by atoms with van der Waals surface area (Å²) in [6, 6.07) is 5.58. The molecule has 1 aromatic heterocycles. The Morgan fingerprint density at radius 2 is 2.26 bits per heavy atom. The number of nitrogens with zero attached hydrogens (tertiary/aromatic N) is 3. The van der Waals surface area contributed by atoms with Crippen LogP contribution in [0.4, 0.5) is 5.69 Å². The summed E-state index contributed by atoms with van der Waals surface area (Å²) in [5.41, 5.74) is 7.28. The fraction of sp³-hybridized carbons (Fsp3) is 0.231. The van der Waals surface area contributed by atoms with Crippen molar-refractivity contribution in [2.45, 2.75) is 6.54 Å². The number of hydrogen-bond donors (Lipinski definition) is 1. The summed E-state index contributed by atoms with van der Waals surface area (Å²) in [5.74, 6) is 0.969. The lowest BCUT2D eigenvalue weighted by Crippen LogP contribution is -2.19. The van der Waals surface area contributed by atoms with Gasteiger partial charge in [0.25, 0.3) is 0 Å². The molecule has 0 amide bonds. The van der Waals surface area contributed by atoms with Gasteiger partial charge in [-0.05, 0) is 18.2 Å². The number of aryl methyl sites for hydroxylation is 1. The SMILES string of the molecule is CN(Cc1nccn1C)c1ccc(C(N)=S)cc1Cl. The van der Waals surface area contributed by atoms with E-state index in [-0.39, 0.29) is 0 Å². The normalized spacial score (nSPS) is 10.5. The van der Waals surface area contributed by atoms with Gasteiger partial charge in [0.05, 0.1) is 17.3 Å². The van der Waals surface area contributed by atoms with Crippen molar-refractivity contribution in [1.29, 1.82) is 0 Å². The summed E-state index contributed by atoms with van der Waals surface area (Å²) in [5, 5.41) is 0.627. The summed E-state index contributed by atoms with van der Waals surface area (Å²) < 4.78 is 1.98. The van der Waals surface area contributed by atoms with Crippen LogP contribution in [-0.4, -0.2) is 21.6 Å². The Balaban J connectivity index is 2.22. The first-order chi connectivity index (χ1) is 8.99. The van der Waals surface area contributed by atoms with Gasteiger partial charge in [0.2, 0.25) is 0 Å². The number of hydrogen-bond acceptors (Lipinski definition) is 3. The minimum atomic E-state index is 0.347. The number of thiocarbonyl (C=S) groups is 1. The van der Waals surface area contributed by atoms with Crippen LogP contribution < -0.4 is 10.6 Å². The molecule has 0 radical (unpaired) electrons. The summed E-state index contributed by atoms with van der Waals surface area (Å²) in [7, 11) is 3.93. The van der Waals surface area contributed by atoms with Crippen molar-refractivity contribution in [3.63, 3.8) is 0 Å². The highest BCUT2D eigenvalue weighted by atomic mass is 35.5. The van der Waals surface area contributed by atoms with Gasteiger partial charge in [-0.3, -0.25) is 0 Å². The van der Waals surface area contributed by atoms with Crippen molar-refractivity contribution in [1.82, 2.24) is 9.55 Å². The molecule has 4 nitrogen and oxygen atoms in total. The molecule has 6 heteroatoms. The molecule has 2 rings (SSSR count). The molecular formula is C13H15ClN4S. The van der Waals surface area contributed by atoms with Crippen LogP contribution in [0, 0.1) is 0 Å². The monoisotopic (exact) mass is 294 g/mol. The molecule has 0 aliphatic heterocycles. The smallest absolute Gasteiger partial charge is 0.127 e. The largest absolute Gasteiger partial charge is 0.389 e. The van der Waals surface area contributed by atoms with Crippen LogP contribution in [0.25, 0.3) is 0 Å². The molecule has 1 aromatic carbocycles. The first-order valence-corrected chi connectivity index (χ1v) is 6.54. The minimum absolute atomic E-state index is 0.347. The van der Waals surface area contributed by atoms with E-state index in [1.54, 1.807) is 12.3 Å². The molecule has 0 saturated carbocycles. The highest BCUT2D eigenvalue weighted by Crippen LogP contribution is 2.27. The molecule has 1 heterocycles. The molecule has 19 heavy (non-hydrogen) atoms. The number of halogens is 1. The first-order valence-electron chi connectivity index (χ1n) is 5.75. The van der Waals surface area contributed by atoms with E-state index in [0.29, 0.717) is 16.6 Å². The van der Waals surface area contributed by atoms with E-state index < -0.39 is 0 Å². The van der Waals surface area contributed by atoms with Crippen molar-refractivity contribution < 1.29 is 0 Å². The topological polar surface area (TPSA) is 47.1 Å². The summed E-state index contributed by atoms with van der Waals surface area (Å²) in [6.45, 7) is 0.676. The fourth-order valence-corrected chi connectivity index (χ4v) is 2.27. The second-order valence-corrected chi connectivity index (χ2v) is 5.19. The van der Waals surface area contributed by atoms with Gasteiger partial charge in [0.15, 0.2) is 0 Å². The van der Waals surface area contributed by atoms with Gasteiger partial charge in [0, 0.05) is 32.1 Å². The zero-order chi connectivity index (χ0) is 14.0. The van der Waals surface area contributed by atoms with E-state index in [1.807, 2.05) is 41.9 Å². The van der Waals surface area contributed by atoms with Gasteiger partial charge in [-0.1, -0.05) is 23.8 Å². The van der Waals surface area contributed by atoms with Crippen molar-refractivity contribution >= 4 is 34.5 Å². The Kier molecular flexibility index (Phi) is 4.07. The lowest BCUT2D eigenvalue weighted by molar-refractivity contribution is 0.762. The standard InChI is InChI=1S/C13H15ClN4S/c1-17-6-5-16-12(17)8-18(2)11-4-3-9(13(15)19)7-10(11)14/h3-7H,8H2,1-2H3,(H2,15,19). The van der Waals surface area contributed by atoms with Crippen LogP contribution in [0.5, 0.6) is 0 Å². The predicted molar refractivity (Wildman–Crippen MR) is 82.7 cm³/mol. The lowest BCUT2D eigenvalue weighted by atomic mass is 10.2. The number of nitrogens with two attached hydrogens (primary N) is 1. The fourth-order valence-electron chi connectivity index (χ4n) is 1.82. The third-order valence-corrected chi connectivity index (χ3v) is 3.48. The maximum absolute atomic E-state index is 6.26. The average Bonchev–Trinajstić information content (AvgIpc) is 2.74. The molecule has 0 aliphatic rings. The Morgan fingerprint density at radius 3 is 2.79 bits per heavy atom. The Bertz CT molecular complexity index is 608. The quantitative estimate of drug-likeness (QED) is 0.879. The van der Waals surface area contributed by atoms with E-state index in [1.165, 1.54) is 0 Å². The van der Waals surface area contributed by atoms with Crippen LogP contribution in [-0.2, 0) is 13.6 Å². The molecule has 2 N–H and O–H groups in total. The van der Waals surface area contributed by atoms with Gasteiger partial charge in [-0.2, -0.15) is 0 Å². The van der Waals surface area contributed by atoms with Gasteiger partial charge in [-0.15, -0.1) is 0 Å². The highest BCUT2D eigenvalue weighted by Gasteiger charge is 2.10. The van der Waals surface area contributed by atoms with Crippen molar-refractivity contribution in [2.75, 3.05) is 11.9 Å². The van der Waals surface area contributed by atoms with E-state index in [9.17, 15) is 0 Å². The maximum Gasteiger partial charge on any atom is 0.127 e. The molecule has 2 aromatic rings. The highest BCUT2D eigenvalue weighted by molar-refractivity contribution is 7.80. The van der Waals surface area contributed by atoms with Gasteiger partial charge in [-0.25, -0.2) is 4.98 Å². The van der Waals surface area contributed by atoms with Gasteiger partial charge < -0.3 is 15.2 Å². The van der Waals surface area contributed by atoms with Crippen LogP contribution in [0.1, 0.15) is 11.4 Å². The molecule has 0 bridgehead atoms. The third kappa shape index (κ3) is 3.05. The zero-order valence-electron chi connectivity index (χ0n) is 10.8. The molecule has 100 valence electrons. The van der Waals surface area contributed by atoms with Crippen LogP contribution in [0.3, 0.4) is 0 Å². The van der Waals surface area contributed by atoms with E-state index in [2.05, 4.69) is 4.98 Å². The average molecular weight is 295 g/mol. The van der Waals surface area contributed by atoms with E-state index in [0.717, 1.165) is 17.1 Å². The van der Waals surface area contributed by atoms with Crippen LogP contribution in [0.15, 0.2) is 30.6 Å². The van der Waals surface area contributed by atoms with Crippen molar-refractivity contribution in [2.24, 2.45) is 12.8 Å². The summed E-state index contributed by atoms with van der Waals surface area (Å²) >= 11 is 11.2. The molecular weight excluding hydrogens is 280 g/mol. The van der Waals surface area contributed by atoms with Gasteiger partial charge in [0.1, 0.15) is 10.8 Å². The number of aromatic nitrogens is 2. The first kappa shape index (κ1) is 13.8. The third-order valence-electron chi connectivity index (χ3n) is 2.94. The van der Waals surface area contributed by atoms with Crippen molar-refractivity contribution in [3.05, 3.63) is 47.0 Å². The molecule has 0 atom stereocenters. The molecule has 0 spiro atoms.